The Labute approximate surface area is 153 Å². The van der Waals surface area contributed by atoms with Crippen molar-refractivity contribution >= 4 is 29.4 Å². The molecule has 0 aliphatic heterocycles. The molecule has 24 heavy (non-hydrogen) atoms. The molecule has 0 fully saturated rings. The van der Waals surface area contributed by atoms with Crippen LogP contribution >= 0.6 is 23.5 Å². The summed E-state index contributed by atoms with van der Waals surface area (Å²) in [6, 6.07) is 17.1. The third-order valence-corrected chi connectivity index (χ3v) is 5.58. The van der Waals surface area contributed by atoms with Gasteiger partial charge in [0.15, 0.2) is 0 Å². The topological polar surface area (TPSA) is 29.1 Å². The monoisotopic (exact) mass is 359 g/mol. The third-order valence-electron chi connectivity index (χ3n) is 3.54. The van der Waals surface area contributed by atoms with Crippen LogP contribution in [0.25, 0.3) is 0 Å². The highest BCUT2D eigenvalue weighted by molar-refractivity contribution is 7.99. The van der Waals surface area contributed by atoms with Gasteiger partial charge in [-0.3, -0.25) is 4.79 Å². The average molecular weight is 360 g/mol. The lowest BCUT2D eigenvalue weighted by molar-refractivity contribution is -0.118. The average Bonchev–Trinajstić information content (AvgIpc) is 2.56. The fourth-order valence-electron chi connectivity index (χ4n) is 2.25. The van der Waals surface area contributed by atoms with Crippen LogP contribution in [-0.4, -0.2) is 24.0 Å². The first-order valence-corrected chi connectivity index (χ1v) is 10.5. The van der Waals surface area contributed by atoms with E-state index in [0.717, 1.165) is 23.8 Å². The minimum Gasteiger partial charge on any atom is -0.355 e. The second-order valence-electron chi connectivity index (χ2n) is 5.87. The molecule has 0 aliphatic carbocycles. The van der Waals surface area contributed by atoms with E-state index in [1.54, 1.807) is 11.8 Å². The molecule has 2 nitrogen and oxygen atoms in total. The second kappa shape index (κ2) is 10.5. The van der Waals surface area contributed by atoms with Gasteiger partial charge >= 0.3 is 0 Å². The minimum absolute atomic E-state index is 0.128. The molecule has 0 aromatic heterocycles. The van der Waals surface area contributed by atoms with Gasteiger partial charge in [0.2, 0.25) is 5.91 Å². The predicted molar refractivity (Wildman–Crippen MR) is 108 cm³/mol. The Kier molecular flexibility index (Phi) is 8.26. The van der Waals surface area contributed by atoms with Crippen LogP contribution in [0, 0.1) is 13.8 Å². The molecule has 2 rings (SSSR count). The SMILES string of the molecule is Cc1ccc(CSCCNC(=O)CSCc2cccc(C)c2)cc1. The Morgan fingerprint density at radius 2 is 1.67 bits per heavy atom. The van der Waals surface area contributed by atoms with Crippen LogP contribution in [0.15, 0.2) is 48.5 Å². The number of rotatable bonds is 9. The summed E-state index contributed by atoms with van der Waals surface area (Å²) < 4.78 is 0. The quantitative estimate of drug-likeness (QED) is 0.664. The molecule has 0 heterocycles. The molecule has 128 valence electrons. The molecular formula is C20H25NOS2. The van der Waals surface area contributed by atoms with Gasteiger partial charge in [-0.2, -0.15) is 11.8 Å². The van der Waals surface area contributed by atoms with Gasteiger partial charge in [0.1, 0.15) is 0 Å². The van der Waals surface area contributed by atoms with E-state index in [1.807, 2.05) is 11.8 Å². The van der Waals surface area contributed by atoms with Crippen LogP contribution in [-0.2, 0) is 16.3 Å². The lowest BCUT2D eigenvalue weighted by Crippen LogP contribution is -2.27. The molecule has 0 saturated carbocycles. The van der Waals surface area contributed by atoms with E-state index in [1.165, 1.54) is 22.3 Å². The van der Waals surface area contributed by atoms with Crippen molar-refractivity contribution in [1.29, 1.82) is 0 Å². The summed E-state index contributed by atoms with van der Waals surface area (Å²) >= 11 is 3.52. The molecule has 0 saturated heterocycles. The number of thioether (sulfide) groups is 2. The first-order valence-electron chi connectivity index (χ1n) is 8.17. The lowest BCUT2D eigenvalue weighted by atomic mass is 10.2. The van der Waals surface area contributed by atoms with E-state index >= 15 is 0 Å². The smallest absolute Gasteiger partial charge is 0.230 e. The molecular weight excluding hydrogens is 334 g/mol. The van der Waals surface area contributed by atoms with E-state index in [-0.39, 0.29) is 5.91 Å². The fraction of sp³-hybridized carbons (Fsp3) is 0.350. The maximum Gasteiger partial charge on any atom is 0.230 e. The molecule has 0 spiro atoms. The van der Waals surface area contributed by atoms with Gasteiger partial charge in [0, 0.05) is 23.8 Å². The lowest BCUT2D eigenvalue weighted by Gasteiger charge is -2.06. The van der Waals surface area contributed by atoms with Crippen LogP contribution in [0.3, 0.4) is 0 Å². The van der Waals surface area contributed by atoms with E-state index in [9.17, 15) is 4.79 Å². The summed E-state index contributed by atoms with van der Waals surface area (Å²) in [7, 11) is 0. The Morgan fingerprint density at radius 1 is 0.917 bits per heavy atom. The van der Waals surface area contributed by atoms with Gasteiger partial charge in [-0.15, -0.1) is 11.8 Å². The zero-order valence-electron chi connectivity index (χ0n) is 14.4. The van der Waals surface area contributed by atoms with Crippen molar-refractivity contribution in [3.8, 4) is 0 Å². The molecule has 0 atom stereocenters. The molecule has 4 heteroatoms. The zero-order chi connectivity index (χ0) is 17.2. The summed E-state index contributed by atoms with van der Waals surface area (Å²) in [4.78, 5) is 11.8. The normalized spacial score (nSPS) is 10.6. The van der Waals surface area contributed by atoms with Crippen molar-refractivity contribution in [2.45, 2.75) is 25.4 Å². The zero-order valence-corrected chi connectivity index (χ0v) is 16.0. The summed E-state index contributed by atoms with van der Waals surface area (Å²) in [5.41, 5.74) is 5.18. The molecule has 2 aromatic carbocycles. The molecule has 0 aliphatic rings. The molecule has 0 unspecified atom stereocenters. The van der Waals surface area contributed by atoms with Gasteiger partial charge in [-0.1, -0.05) is 59.7 Å². The summed E-state index contributed by atoms with van der Waals surface area (Å²) in [5, 5.41) is 3.00. The van der Waals surface area contributed by atoms with Gasteiger partial charge < -0.3 is 5.32 Å². The third kappa shape index (κ3) is 7.45. The molecule has 2 aromatic rings. The molecule has 1 N–H and O–H groups in total. The fourth-order valence-corrected chi connectivity index (χ4v) is 3.88. The second-order valence-corrected chi connectivity index (χ2v) is 7.96. The van der Waals surface area contributed by atoms with Crippen molar-refractivity contribution in [3.63, 3.8) is 0 Å². The molecule has 0 radical (unpaired) electrons. The van der Waals surface area contributed by atoms with Crippen molar-refractivity contribution < 1.29 is 4.79 Å². The van der Waals surface area contributed by atoms with Crippen LogP contribution in [0.4, 0.5) is 0 Å². The van der Waals surface area contributed by atoms with Crippen LogP contribution in [0.1, 0.15) is 22.3 Å². The molecule has 1 amide bonds. The highest BCUT2D eigenvalue weighted by Crippen LogP contribution is 2.14. The van der Waals surface area contributed by atoms with E-state index in [0.29, 0.717) is 5.75 Å². The maximum atomic E-state index is 11.8. The Balaban J connectivity index is 1.52. The number of carbonyl (C=O) groups is 1. The molecule has 0 bridgehead atoms. The first-order chi connectivity index (χ1) is 11.6. The van der Waals surface area contributed by atoms with Crippen LogP contribution in [0.2, 0.25) is 0 Å². The van der Waals surface area contributed by atoms with Crippen LogP contribution in [0.5, 0.6) is 0 Å². The number of amides is 1. The van der Waals surface area contributed by atoms with Crippen molar-refractivity contribution in [2.24, 2.45) is 0 Å². The number of benzene rings is 2. The van der Waals surface area contributed by atoms with Crippen molar-refractivity contribution in [1.82, 2.24) is 5.32 Å². The maximum absolute atomic E-state index is 11.8. The van der Waals surface area contributed by atoms with Crippen LogP contribution < -0.4 is 5.32 Å². The van der Waals surface area contributed by atoms with E-state index in [4.69, 9.17) is 0 Å². The highest BCUT2D eigenvalue weighted by atomic mass is 32.2. The standard InChI is InChI=1S/C20H25NOS2/c1-16-6-8-18(9-7-16)13-23-11-10-21-20(22)15-24-14-19-5-3-4-17(2)12-19/h3-9,12H,10-11,13-15H2,1-2H3,(H,21,22). The van der Waals surface area contributed by atoms with Gasteiger partial charge in [-0.05, 0) is 25.0 Å². The highest BCUT2D eigenvalue weighted by Gasteiger charge is 2.02. The Hall–Kier alpha value is -1.39. The minimum atomic E-state index is 0.128. The van der Waals surface area contributed by atoms with Crippen molar-refractivity contribution in [2.75, 3.05) is 18.1 Å². The number of hydrogen-bond acceptors (Lipinski definition) is 3. The Bertz CT molecular complexity index is 640. The largest absolute Gasteiger partial charge is 0.355 e. The number of aryl methyl sites for hydroxylation is 2. The number of hydrogen-bond donors (Lipinski definition) is 1. The van der Waals surface area contributed by atoms with E-state index < -0.39 is 0 Å². The van der Waals surface area contributed by atoms with E-state index in [2.05, 4.69) is 67.7 Å². The summed E-state index contributed by atoms with van der Waals surface area (Å²) in [6.07, 6.45) is 0. The number of nitrogens with one attached hydrogen (secondary N) is 1. The predicted octanol–water partition coefficient (Wildman–Crippen LogP) is 4.59. The summed E-state index contributed by atoms with van der Waals surface area (Å²) in [6.45, 7) is 4.93. The summed E-state index contributed by atoms with van der Waals surface area (Å²) in [5.74, 6) is 3.48. The van der Waals surface area contributed by atoms with Gasteiger partial charge in [-0.25, -0.2) is 0 Å². The Morgan fingerprint density at radius 3 is 2.42 bits per heavy atom. The number of carbonyl (C=O) groups excluding carboxylic acids is 1. The van der Waals surface area contributed by atoms with Crippen molar-refractivity contribution in [3.05, 3.63) is 70.8 Å². The first kappa shape index (κ1) is 18.9. The van der Waals surface area contributed by atoms with Gasteiger partial charge in [0.25, 0.3) is 0 Å². The van der Waals surface area contributed by atoms with Gasteiger partial charge in [0.05, 0.1) is 5.75 Å².